The Labute approximate surface area is 327 Å². The van der Waals surface area contributed by atoms with Crippen LogP contribution < -0.4 is 0 Å². The van der Waals surface area contributed by atoms with Crippen molar-refractivity contribution in [1.29, 1.82) is 0 Å². The molecule has 0 aliphatic rings. The maximum absolute atomic E-state index is 2.64. The first-order valence-electron chi connectivity index (χ1n) is 21.4. The van der Waals surface area contributed by atoms with Crippen LogP contribution in [0.1, 0.15) is 235 Å². The fourth-order valence-corrected chi connectivity index (χ4v) is 11.6. The van der Waals surface area contributed by atoms with Gasteiger partial charge in [0.2, 0.25) is 0 Å². The van der Waals surface area contributed by atoms with Gasteiger partial charge < -0.3 is 0 Å². The third-order valence-corrected chi connectivity index (χ3v) is 24.9. The van der Waals surface area contributed by atoms with E-state index in [0.717, 1.165) is 0 Å². The standard InChI is InChI=1S/C51H104/c1-35(2)37(5,6)39(9,10)41(13,14)43(17,18)45(21,22)47(25,26)49(29,30)51(33,34)50(31,32)48(27,28)46(23,24)44(19,20)42(15,16)40(11,12)38(7,8)36(3)4/h35-36H,1-34H3. The molecule has 0 spiro atoms. The summed E-state index contributed by atoms with van der Waals surface area (Å²) in [5.41, 5.74) is 0.605. The third kappa shape index (κ3) is 6.05. The largest absolute Gasteiger partial charge is 0.0622 e. The normalized spacial score (nSPS) is 17.2. The first-order valence-corrected chi connectivity index (χ1v) is 21.4. The third-order valence-electron chi connectivity index (χ3n) is 24.9. The molecule has 0 saturated heterocycles. The summed E-state index contributed by atoms with van der Waals surface area (Å²) in [6, 6.07) is 0. The van der Waals surface area contributed by atoms with Crippen molar-refractivity contribution in [2.24, 2.45) is 93.1 Å². The number of hydrogen-bond donors (Lipinski definition) is 0. The Bertz CT molecular complexity index is 1110. The number of hydrogen-bond acceptors (Lipinski definition) is 0. The van der Waals surface area contributed by atoms with Crippen molar-refractivity contribution in [3.8, 4) is 0 Å². The van der Waals surface area contributed by atoms with Gasteiger partial charge in [-0.1, -0.05) is 235 Å². The molecule has 0 saturated carbocycles. The predicted octanol–water partition coefficient (Wildman–Crippen LogP) is 17.7. The molecule has 0 aliphatic heterocycles. The zero-order chi connectivity index (χ0) is 42.7. The molecule has 0 N–H and O–H groups in total. The quantitative estimate of drug-likeness (QED) is 0.149. The highest BCUT2D eigenvalue weighted by Gasteiger charge is 2.71. The molecule has 0 radical (unpaired) electrons. The minimum atomic E-state index is -0.0264. The molecule has 0 aromatic rings. The lowest BCUT2D eigenvalue weighted by molar-refractivity contribution is -0.259. The van der Waals surface area contributed by atoms with Gasteiger partial charge >= 0.3 is 0 Å². The van der Waals surface area contributed by atoms with Crippen molar-refractivity contribution in [1.82, 2.24) is 0 Å². The molecule has 308 valence electrons. The first kappa shape index (κ1) is 51.0. The van der Waals surface area contributed by atoms with Crippen LogP contribution >= 0.6 is 0 Å². The summed E-state index contributed by atoms with van der Waals surface area (Å²) in [6.45, 7) is 87.6. The Morgan fingerprint density at radius 2 is 0.235 bits per heavy atom. The first-order chi connectivity index (χ1) is 21.4. The lowest BCUT2D eigenvalue weighted by Crippen LogP contribution is -2.68. The summed E-state index contributed by atoms with van der Waals surface area (Å²) < 4.78 is 0. The van der Waals surface area contributed by atoms with Gasteiger partial charge in [0.1, 0.15) is 0 Å². The maximum Gasteiger partial charge on any atom is -0.0241 e. The molecular weight excluding hydrogens is 613 g/mol. The van der Waals surface area contributed by atoms with Gasteiger partial charge in [-0.05, 0) is 93.1 Å². The second-order valence-electron chi connectivity index (χ2n) is 26.9. The fourth-order valence-electron chi connectivity index (χ4n) is 11.6. The summed E-state index contributed by atoms with van der Waals surface area (Å²) in [6.07, 6.45) is 0. The van der Waals surface area contributed by atoms with E-state index < -0.39 is 0 Å². The molecule has 0 atom stereocenters. The molecule has 0 unspecified atom stereocenters. The van der Waals surface area contributed by atoms with Gasteiger partial charge in [0.15, 0.2) is 0 Å². The van der Waals surface area contributed by atoms with Crippen molar-refractivity contribution < 1.29 is 0 Å². The predicted molar refractivity (Wildman–Crippen MR) is 236 cm³/mol. The Balaban J connectivity index is 7.70. The van der Waals surface area contributed by atoms with Crippen LogP contribution in [0, 0.1) is 93.1 Å². The van der Waals surface area contributed by atoms with Crippen molar-refractivity contribution >= 4 is 0 Å². The average Bonchev–Trinajstić information content (AvgIpc) is 2.90. The SMILES string of the molecule is CC(C)C(C)(C)C(C)(C)C(C)(C)C(C)(C)C(C)(C)C(C)(C)C(C)(C)C(C)(C)C(C)(C)C(C)(C)C(C)(C)C(C)(C)C(C)(C)C(C)(C)C(C)(C)C(C)C. The van der Waals surface area contributed by atoms with Gasteiger partial charge in [-0.2, -0.15) is 0 Å². The van der Waals surface area contributed by atoms with E-state index in [-0.39, 0.29) is 81.2 Å². The smallest absolute Gasteiger partial charge is 0.0241 e. The van der Waals surface area contributed by atoms with Gasteiger partial charge in [0.05, 0.1) is 0 Å². The number of rotatable bonds is 16. The van der Waals surface area contributed by atoms with Crippen LogP contribution in [-0.2, 0) is 0 Å². The molecule has 51 heavy (non-hydrogen) atoms. The van der Waals surface area contributed by atoms with E-state index in [1.54, 1.807) is 0 Å². The van der Waals surface area contributed by atoms with Crippen LogP contribution in [0.3, 0.4) is 0 Å². The summed E-state index contributed by atoms with van der Waals surface area (Å²) in [5.74, 6) is 1.19. The van der Waals surface area contributed by atoms with Crippen LogP contribution in [0.25, 0.3) is 0 Å². The molecule has 0 aliphatic carbocycles. The van der Waals surface area contributed by atoms with Crippen LogP contribution in [0.5, 0.6) is 0 Å². The Kier molecular flexibility index (Phi) is 13.0. The van der Waals surface area contributed by atoms with Crippen molar-refractivity contribution in [2.75, 3.05) is 0 Å². The molecular formula is C51H104. The zero-order valence-corrected chi connectivity index (χ0v) is 42.7. The van der Waals surface area contributed by atoms with Crippen LogP contribution in [0.4, 0.5) is 0 Å². The summed E-state index contributed by atoms with van der Waals surface area (Å²) in [5, 5.41) is 0. The maximum atomic E-state index is 2.64. The van der Waals surface area contributed by atoms with Gasteiger partial charge in [-0.25, -0.2) is 0 Å². The van der Waals surface area contributed by atoms with E-state index in [2.05, 4.69) is 235 Å². The van der Waals surface area contributed by atoms with Crippen molar-refractivity contribution in [2.45, 2.75) is 235 Å². The summed E-state index contributed by atoms with van der Waals surface area (Å²) in [7, 11) is 0. The van der Waals surface area contributed by atoms with Crippen molar-refractivity contribution in [3.63, 3.8) is 0 Å². The molecule has 0 aromatic heterocycles. The van der Waals surface area contributed by atoms with E-state index >= 15 is 0 Å². The lowest BCUT2D eigenvalue weighted by atomic mass is 9.30. The van der Waals surface area contributed by atoms with Gasteiger partial charge in [-0.15, -0.1) is 0 Å². The Morgan fingerprint density at radius 1 is 0.157 bits per heavy atom. The fraction of sp³-hybridized carbons (Fsp3) is 1.00. The van der Waals surface area contributed by atoms with E-state index in [9.17, 15) is 0 Å². The van der Waals surface area contributed by atoms with Crippen LogP contribution in [0.15, 0.2) is 0 Å². The lowest BCUT2D eigenvalue weighted by Gasteiger charge is -2.74. The minimum Gasteiger partial charge on any atom is -0.0622 e. The van der Waals surface area contributed by atoms with Crippen LogP contribution in [0.2, 0.25) is 0 Å². The van der Waals surface area contributed by atoms with Crippen molar-refractivity contribution in [3.05, 3.63) is 0 Å². The zero-order valence-electron chi connectivity index (χ0n) is 42.7. The highest BCUT2D eigenvalue weighted by atomic mass is 14.8. The van der Waals surface area contributed by atoms with E-state index in [1.165, 1.54) is 0 Å². The molecule has 0 bridgehead atoms. The highest BCUT2D eigenvalue weighted by Crippen LogP contribution is 2.77. The molecule has 0 fully saturated rings. The molecule has 0 amide bonds. The monoisotopic (exact) mass is 717 g/mol. The second kappa shape index (κ2) is 13.0. The van der Waals surface area contributed by atoms with Gasteiger partial charge in [-0.3, -0.25) is 0 Å². The van der Waals surface area contributed by atoms with Crippen LogP contribution in [-0.4, -0.2) is 0 Å². The van der Waals surface area contributed by atoms with Gasteiger partial charge in [0.25, 0.3) is 0 Å². The summed E-state index contributed by atoms with van der Waals surface area (Å²) in [4.78, 5) is 0. The molecule has 0 heterocycles. The van der Waals surface area contributed by atoms with E-state index in [0.29, 0.717) is 11.8 Å². The average molecular weight is 717 g/mol. The molecule has 0 rings (SSSR count). The Morgan fingerprint density at radius 3 is 0.314 bits per heavy atom. The topological polar surface area (TPSA) is 0 Å². The Hall–Kier alpha value is 0. The second-order valence-corrected chi connectivity index (χ2v) is 26.9. The van der Waals surface area contributed by atoms with E-state index in [1.807, 2.05) is 0 Å². The molecule has 0 nitrogen and oxygen atoms in total. The summed E-state index contributed by atoms with van der Waals surface area (Å²) >= 11 is 0. The van der Waals surface area contributed by atoms with E-state index in [4.69, 9.17) is 0 Å². The van der Waals surface area contributed by atoms with Gasteiger partial charge in [0, 0.05) is 0 Å². The highest BCUT2D eigenvalue weighted by molar-refractivity contribution is 5.19. The molecule has 0 aromatic carbocycles. The minimum absolute atomic E-state index is 0.00193. The molecule has 0 heteroatoms.